The van der Waals surface area contributed by atoms with E-state index in [0.717, 1.165) is 35.1 Å². The van der Waals surface area contributed by atoms with Crippen molar-refractivity contribution < 1.29 is 24.2 Å². The molecule has 1 fully saturated rings. The molecular formula is C28H34N2O5. The van der Waals surface area contributed by atoms with Crippen LogP contribution in [0, 0.1) is 5.41 Å². The first-order valence-electron chi connectivity index (χ1n) is 12.4. The number of rotatable bonds is 8. The Balaban J connectivity index is 1.45. The van der Waals surface area contributed by atoms with Crippen molar-refractivity contribution in [2.45, 2.75) is 64.5 Å². The first kappa shape index (κ1) is 24.8. The van der Waals surface area contributed by atoms with E-state index in [-0.39, 0.29) is 18.4 Å². The van der Waals surface area contributed by atoms with Crippen LogP contribution in [0.4, 0.5) is 4.79 Å². The van der Waals surface area contributed by atoms with E-state index in [1.54, 1.807) is 0 Å². The molecule has 2 N–H and O–H groups in total. The summed E-state index contributed by atoms with van der Waals surface area (Å²) in [6, 6.07) is 14.5. The molecule has 0 spiro atoms. The molecule has 35 heavy (non-hydrogen) atoms. The number of hydrogen-bond acceptors (Lipinski definition) is 4. The SMILES string of the molecule is CCCCC(NC(=O)OCC1c2ccccc2-c2ccccc21)C(=O)N1CCC(C)(C)C1C(=O)O. The van der Waals surface area contributed by atoms with Gasteiger partial charge in [-0.05, 0) is 40.5 Å². The molecule has 7 heteroatoms. The van der Waals surface area contributed by atoms with Gasteiger partial charge in [-0.1, -0.05) is 82.1 Å². The molecule has 0 radical (unpaired) electrons. The molecule has 0 saturated carbocycles. The fourth-order valence-electron chi connectivity index (χ4n) is 5.45. The van der Waals surface area contributed by atoms with Gasteiger partial charge in [-0.15, -0.1) is 0 Å². The van der Waals surface area contributed by atoms with Crippen LogP contribution >= 0.6 is 0 Å². The number of benzene rings is 2. The number of unbranched alkanes of at least 4 members (excludes halogenated alkanes) is 1. The van der Waals surface area contributed by atoms with Crippen LogP contribution in [0.1, 0.15) is 63.5 Å². The van der Waals surface area contributed by atoms with Crippen LogP contribution in [0.3, 0.4) is 0 Å². The fourth-order valence-corrected chi connectivity index (χ4v) is 5.45. The zero-order chi connectivity index (χ0) is 25.2. The molecule has 0 bridgehead atoms. The second-order valence-electron chi connectivity index (χ2n) is 10.2. The van der Waals surface area contributed by atoms with Gasteiger partial charge >= 0.3 is 12.1 Å². The average molecular weight is 479 g/mol. The summed E-state index contributed by atoms with van der Waals surface area (Å²) in [5.41, 5.74) is 3.99. The van der Waals surface area contributed by atoms with E-state index in [2.05, 4.69) is 29.6 Å². The molecule has 2 amide bonds. The summed E-state index contributed by atoms with van der Waals surface area (Å²) in [6.45, 7) is 6.24. The first-order chi connectivity index (χ1) is 16.7. The number of aliphatic carboxylic acids is 1. The minimum absolute atomic E-state index is 0.0753. The molecule has 1 heterocycles. The van der Waals surface area contributed by atoms with Crippen molar-refractivity contribution in [3.63, 3.8) is 0 Å². The van der Waals surface area contributed by atoms with Gasteiger partial charge in [-0.2, -0.15) is 0 Å². The molecule has 7 nitrogen and oxygen atoms in total. The lowest BCUT2D eigenvalue weighted by Gasteiger charge is -2.31. The predicted molar refractivity (Wildman–Crippen MR) is 133 cm³/mol. The van der Waals surface area contributed by atoms with Crippen LogP contribution in [-0.4, -0.2) is 53.2 Å². The largest absolute Gasteiger partial charge is 0.480 e. The number of carboxylic acids is 1. The summed E-state index contributed by atoms with van der Waals surface area (Å²) in [5, 5.41) is 12.5. The number of carboxylic acid groups (broad SMARTS) is 1. The Bertz CT molecular complexity index is 1070. The quantitative estimate of drug-likeness (QED) is 0.568. The van der Waals surface area contributed by atoms with Crippen LogP contribution < -0.4 is 5.32 Å². The number of carbonyl (C=O) groups excluding carboxylic acids is 2. The Morgan fingerprint density at radius 2 is 1.69 bits per heavy atom. The van der Waals surface area contributed by atoms with Gasteiger partial charge < -0.3 is 20.1 Å². The monoisotopic (exact) mass is 478 g/mol. The van der Waals surface area contributed by atoms with Gasteiger partial charge in [0.15, 0.2) is 0 Å². The molecule has 2 aromatic carbocycles. The number of nitrogens with one attached hydrogen (secondary N) is 1. The Morgan fingerprint density at radius 3 is 2.26 bits per heavy atom. The lowest BCUT2D eigenvalue weighted by Crippen LogP contribution is -2.54. The number of carbonyl (C=O) groups is 3. The Labute approximate surface area is 206 Å². The third-order valence-corrected chi connectivity index (χ3v) is 7.35. The molecule has 2 unspecified atom stereocenters. The predicted octanol–water partition coefficient (Wildman–Crippen LogP) is 4.80. The van der Waals surface area contributed by atoms with Gasteiger partial charge in [0, 0.05) is 12.5 Å². The molecule has 1 saturated heterocycles. The van der Waals surface area contributed by atoms with Gasteiger partial charge in [0.1, 0.15) is 18.7 Å². The summed E-state index contributed by atoms with van der Waals surface area (Å²) in [5.74, 6) is -1.45. The zero-order valence-corrected chi connectivity index (χ0v) is 20.6. The van der Waals surface area contributed by atoms with E-state index in [4.69, 9.17) is 4.74 Å². The summed E-state index contributed by atoms with van der Waals surface area (Å²) < 4.78 is 5.64. The molecule has 2 aliphatic rings. The first-order valence-corrected chi connectivity index (χ1v) is 12.4. The van der Waals surface area contributed by atoms with E-state index in [0.29, 0.717) is 19.4 Å². The van der Waals surface area contributed by atoms with Gasteiger partial charge in [0.05, 0.1) is 0 Å². The number of nitrogens with zero attached hydrogens (tertiary/aromatic N) is 1. The molecule has 4 rings (SSSR count). The Morgan fingerprint density at radius 1 is 1.09 bits per heavy atom. The van der Waals surface area contributed by atoms with Crippen molar-refractivity contribution >= 4 is 18.0 Å². The molecule has 1 aliphatic carbocycles. The van der Waals surface area contributed by atoms with Crippen LogP contribution in [0.2, 0.25) is 0 Å². The normalized spacial score (nSPS) is 19.1. The number of ether oxygens (including phenoxy) is 1. The van der Waals surface area contributed by atoms with E-state index in [1.807, 2.05) is 45.0 Å². The molecular weight excluding hydrogens is 444 g/mol. The van der Waals surface area contributed by atoms with E-state index in [9.17, 15) is 19.5 Å². The standard InChI is InChI=1S/C28H34N2O5/c1-4-5-14-23(25(31)30-16-15-28(2,3)24(30)26(32)33)29-27(34)35-17-22-20-12-8-6-10-18(20)19-11-7-9-13-21(19)22/h6-13,22-24H,4-5,14-17H2,1-3H3,(H,29,34)(H,32,33). The number of hydrogen-bond donors (Lipinski definition) is 2. The van der Waals surface area contributed by atoms with Gasteiger partial charge in [0.25, 0.3) is 0 Å². The van der Waals surface area contributed by atoms with Crippen LogP contribution in [0.5, 0.6) is 0 Å². The summed E-state index contributed by atoms with van der Waals surface area (Å²) in [7, 11) is 0. The molecule has 1 aliphatic heterocycles. The molecule has 2 atom stereocenters. The van der Waals surface area contributed by atoms with Gasteiger partial charge in [-0.3, -0.25) is 4.79 Å². The van der Waals surface area contributed by atoms with Crippen molar-refractivity contribution in [1.29, 1.82) is 0 Å². The third kappa shape index (κ3) is 4.90. The second-order valence-corrected chi connectivity index (χ2v) is 10.2. The highest BCUT2D eigenvalue weighted by Gasteiger charge is 2.48. The van der Waals surface area contributed by atoms with E-state index in [1.165, 1.54) is 4.90 Å². The van der Waals surface area contributed by atoms with Crippen LogP contribution in [0.15, 0.2) is 48.5 Å². The molecule has 0 aromatic heterocycles. The van der Waals surface area contributed by atoms with Crippen molar-refractivity contribution in [1.82, 2.24) is 10.2 Å². The summed E-state index contributed by atoms with van der Waals surface area (Å²) >= 11 is 0. The van der Waals surface area contributed by atoms with Crippen molar-refractivity contribution in [3.8, 4) is 11.1 Å². The van der Waals surface area contributed by atoms with Crippen molar-refractivity contribution in [2.24, 2.45) is 5.41 Å². The minimum Gasteiger partial charge on any atom is -0.480 e. The van der Waals surface area contributed by atoms with Gasteiger partial charge in [-0.25, -0.2) is 9.59 Å². The smallest absolute Gasteiger partial charge is 0.407 e. The maximum atomic E-state index is 13.4. The Kier molecular flexibility index (Phi) is 7.15. The highest BCUT2D eigenvalue weighted by atomic mass is 16.5. The third-order valence-electron chi connectivity index (χ3n) is 7.35. The maximum absolute atomic E-state index is 13.4. The summed E-state index contributed by atoms with van der Waals surface area (Å²) in [4.78, 5) is 39.6. The van der Waals surface area contributed by atoms with Crippen LogP contribution in [0.25, 0.3) is 11.1 Å². The zero-order valence-electron chi connectivity index (χ0n) is 20.6. The highest BCUT2D eigenvalue weighted by Crippen LogP contribution is 2.44. The van der Waals surface area contributed by atoms with E-state index < -0.39 is 29.6 Å². The highest BCUT2D eigenvalue weighted by molar-refractivity contribution is 5.90. The number of amides is 2. The topological polar surface area (TPSA) is 95.9 Å². The number of likely N-dealkylation sites (tertiary alicyclic amines) is 1. The fraction of sp³-hybridized carbons (Fsp3) is 0.464. The lowest BCUT2D eigenvalue weighted by atomic mass is 9.84. The Hall–Kier alpha value is -3.35. The van der Waals surface area contributed by atoms with E-state index >= 15 is 0 Å². The minimum atomic E-state index is -1.02. The lowest BCUT2D eigenvalue weighted by molar-refractivity contribution is -0.152. The number of fused-ring (bicyclic) bond motifs is 3. The van der Waals surface area contributed by atoms with Crippen LogP contribution in [-0.2, 0) is 14.3 Å². The van der Waals surface area contributed by atoms with Crippen molar-refractivity contribution in [3.05, 3.63) is 59.7 Å². The molecule has 186 valence electrons. The number of alkyl carbamates (subject to hydrolysis) is 1. The second kappa shape index (κ2) is 10.1. The molecule has 2 aromatic rings. The van der Waals surface area contributed by atoms with Gasteiger partial charge in [0.2, 0.25) is 5.91 Å². The average Bonchev–Trinajstić information content (AvgIpc) is 3.33. The summed E-state index contributed by atoms with van der Waals surface area (Å²) in [6.07, 6.45) is 1.95. The van der Waals surface area contributed by atoms with Crippen molar-refractivity contribution in [2.75, 3.05) is 13.2 Å². The maximum Gasteiger partial charge on any atom is 0.407 e.